The minimum atomic E-state index is -0.408. The second-order valence-electron chi connectivity index (χ2n) is 5.60. The van der Waals surface area contributed by atoms with E-state index in [0.717, 1.165) is 17.7 Å². The predicted octanol–water partition coefficient (Wildman–Crippen LogP) is 4.20. The summed E-state index contributed by atoms with van der Waals surface area (Å²) < 4.78 is 15.7. The van der Waals surface area contributed by atoms with Crippen molar-refractivity contribution in [3.05, 3.63) is 53.6 Å². The molecule has 140 valence electrons. The Morgan fingerprint density at radius 1 is 1.11 bits per heavy atom. The Hall–Kier alpha value is -3.06. The maximum absolute atomic E-state index is 12.1. The van der Waals surface area contributed by atoms with Crippen LogP contribution in [0.5, 0.6) is 11.5 Å². The Bertz CT molecular complexity index is 896. The molecule has 0 aliphatic carbocycles. The van der Waals surface area contributed by atoms with E-state index in [1.54, 1.807) is 24.3 Å². The number of amides is 1. The van der Waals surface area contributed by atoms with Gasteiger partial charge in [0.2, 0.25) is 5.82 Å². The number of nitrogens with zero attached hydrogens (tertiary/aromatic N) is 2. The maximum Gasteiger partial charge on any atom is 0.263 e. The summed E-state index contributed by atoms with van der Waals surface area (Å²) >= 11 is 6.00. The Balaban J connectivity index is 1.62. The van der Waals surface area contributed by atoms with Gasteiger partial charge >= 0.3 is 0 Å². The van der Waals surface area contributed by atoms with Gasteiger partial charge in [-0.05, 0) is 53.1 Å². The van der Waals surface area contributed by atoms with Crippen molar-refractivity contribution in [1.82, 2.24) is 10.3 Å². The highest BCUT2D eigenvalue weighted by molar-refractivity contribution is 6.32. The van der Waals surface area contributed by atoms with Crippen molar-refractivity contribution in [2.75, 3.05) is 18.5 Å². The number of carbonyl (C=O) groups excluding carboxylic acids is 1. The van der Waals surface area contributed by atoms with Gasteiger partial charge in [0.15, 0.2) is 12.3 Å². The minimum Gasteiger partial charge on any atom is -0.494 e. The van der Waals surface area contributed by atoms with Gasteiger partial charge in [-0.25, -0.2) is 4.63 Å². The van der Waals surface area contributed by atoms with Gasteiger partial charge in [-0.1, -0.05) is 30.7 Å². The SMILES string of the molecule is CCCOc1ccc(-c2nonc2NC(=O)COc2ccccc2Cl)cc1. The zero-order valence-corrected chi connectivity index (χ0v) is 15.4. The van der Waals surface area contributed by atoms with Crippen LogP contribution in [0.4, 0.5) is 5.82 Å². The largest absolute Gasteiger partial charge is 0.494 e. The van der Waals surface area contributed by atoms with Crippen molar-refractivity contribution in [3.63, 3.8) is 0 Å². The molecule has 0 radical (unpaired) electrons. The van der Waals surface area contributed by atoms with Crippen molar-refractivity contribution in [2.45, 2.75) is 13.3 Å². The van der Waals surface area contributed by atoms with E-state index in [-0.39, 0.29) is 12.4 Å². The molecule has 1 amide bonds. The first-order chi connectivity index (χ1) is 13.2. The number of carbonyl (C=O) groups is 1. The average molecular weight is 388 g/mol. The summed E-state index contributed by atoms with van der Waals surface area (Å²) in [6.45, 7) is 2.47. The van der Waals surface area contributed by atoms with E-state index in [9.17, 15) is 4.79 Å². The molecule has 0 atom stereocenters. The van der Waals surface area contributed by atoms with Gasteiger partial charge in [0.25, 0.3) is 5.91 Å². The molecule has 1 heterocycles. The van der Waals surface area contributed by atoms with Gasteiger partial charge in [0, 0.05) is 5.56 Å². The molecule has 0 unspecified atom stereocenters. The Morgan fingerprint density at radius 3 is 2.63 bits per heavy atom. The number of aromatic nitrogens is 2. The van der Waals surface area contributed by atoms with Crippen LogP contribution in [0.1, 0.15) is 13.3 Å². The van der Waals surface area contributed by atoms with Gasteiger partial charge in [-0.3, -0.25) is 4.79 Å². The first-order valence-electron chi connectivity index (χ1n) is 8.40. The zero-order chi connectivity index (χ0) is 19.1. The topological polar surface area (TPSA) is 86.5 Å². The second-order valence-corrected chi connectivity index (χ2v) is 6.01. The number of nitrogens with one attached hydrogen (secondary N) is 1. The Labute approximate surface area is 161 Å². The molecule has 27 heavy (non-hydrogen) atoms. The molecule has 0 aliphatic heterocycles. The van der Waals surface area contributed by atoms with Crippen LogP contribution >= 0.6 is 11.6 Å². The quantitative estimate of drug-likeness (QED) is 0.623. The average Bonchev–Trinajstić information content (AvgIpc) is 3.14. The third-order valence-corrected chi connectivity index (χ3v) is 3.85. The van der Waals surface area contributed by atoms with E-state index in [2.05, 4.69) is 15.6 Å². The molecule has 3 rings (SSSR count). The molecular weight excluding hydrogens is 370 g/mol. The summed E-state index contributed by atoms with van der Waals surface area (Å²) in [7, 11) is 0. The highest BCUT2D eigenvalue weighted by atomic mass is 35.5. The van der Waals surface area contributed by atoms with Crippen LogP contribution in [-0.4, -0.2) is 29.4 Å². The molecule has 0 saturated carbocycles. The van der Waals surface area contributed by atoms with E-state index in [1.165, 1.54) is 0 Å². The normalized spacial score (nSPS) is 10.4. The highest BCUT2D eigenvalue weighted by Gasteiger charge is 2.16. The Morgan fingerprint density at radius 2 is 1.89 bits per heavy atom. The van der Waals surface area contributed by atoms with Gasteiger partial charge in [0.05, 0.1) is 11.6 Å². The number of ether oxygens (including phenoxy) is 2. The fourth-order valence-corrected chi connectivity index (χ4v) is 2.45. The monoisotopic (exact) mass is 387 g/mol. The standard InChI is InChI=1S/C19H18ClN3O4/c1-2-11-25-14-9-7-13(8-10-14)18-19(23-27-22-18)21-17(24)12-26-16-6-4-3-5-15(16)20/h3-10H,2,11-12H2,1H3,(H,21,23,24). The second kappa shape index (κ2) is 9.05. The summed E-state index contributed by atoms with van der Waals surface area (Å²) in [5.41, 5.74) is 1.16. The lowest BCUT2D eigenvalue weighted by Gasteiger charge is -2.08. The molecule has 8 heteroatoms. The van der Waals surface area contributed by atoms with Crippen molar-refractivity contribution in [1.29, 1.82) is 0 Å². The molecule has 3 aromatic rings. The minimum absolute atomic E-state index is 0.213. The number of halogens is 1. The van der Waals surface area contributed by atoms with Crippen molar-refractivity contribution >= 4 is 23.3 Å². The number of anilines is 1. The fraction of sp³-hybridized carbons (Fsp3) is 0.211. The van der Waals surface area contributed by atoms with Crippen LogP contribution in [-0.2, 0) is 4.79 Å². The van der Waals surface area contributed by atoms with Gasteiger partial charge in [-0.2, -0.15) is 0 Å². The smallest absolute Gasteiger partial charge is 0.263 e. The molecule has 1 N–H and O–H groups in total. The van der Waals surface area contributed by atoms with E-state index >= 15 is 0 Å². The lowest BCUT2D eigenvalue weighted by atomic mass is 10.1. The fourth-order valence-electron chi connectivity index (χ4n) is 2.26. The number of hydrogen-bond donors (Lipinski definition) is 1. The van der Waals surface area contributed by atoms with Crippen LogP contribution in [0, 0.1) is 0 Å². The van der Waals surface area contributed by atoms with Crippen LogP contribution in [0.25, 0.3) is 11.3 Å². The van der Waals surface area contributed by atoms with Crippen LogP contribution in [0.2, 0.25) is 5.02 Å². The van der Waals surface area contributed by atoms with Crippen molar-refractivity contribution in [2.24, 2.45) is 0 Å². The number of benzene rings is 2. The summed E-state index contributed by atoms with van der Waals surface area (Å²) in [6.07, 6.45) is 0.932. The molecule has 0 fully saturated rings. The lowest BCUT2D eigenvalue weighted by Crippen LogP contribution is -2.20. The molecule has 0 aliphatic rings. The van der Waals surface area contributed by atoms with Gasteiger partial charge in [0.1, 0.15) is 11.5 Å². The highest BCUT2D eigenvalue weighted by Crippen LogP contribution is 2.27. The third kappa shape index (κ3) is 4.98. The van der Waals surface area contributed by atoms with E-state index in [1.807, 2.05) is 31.2 Å². The first kappa shape index (κ1) is 18.7. The third-order valence-electron chi connectivity index (χ3n) is 3.54. The van der Waals surface area contributed by atoms with E-state index < -0.39 is 5.91 Å². The van der Waals surface area contributed by atoms with Gasteiger partial charge < -0.3 is 14.8 Å². The summed E-state index contributed by atoms with van der Waals surface area (Å²) in [4.78, 5) is 12.1. The van der Waals surface area contributed by atoms with Crippen LogP contribution < -0.4 is 14.8 Å². The molecule has 0 bridgehead atoms. The molecule has 2 aromatic carbocycles. The van der Waals surface area contributed by atoms with Crippen LogP contribution in [0.15, 0.2) is 53.2 Å². The predicted molar refractivity (Wildman–Crippen MR) is 101 cm³/mol. The van der Waals surface area contributed by atoms with E-state index in [4.69, 9.17) is 25.7 Å². The molecule has 0 saturated heterocycles. The summed E-state index contributed by atoms with van der Waals surface area (Å²) in [5, 5.41) is 10.7. The van der Waals surface area contributed by atoms with Crippen LogP contribution in [0.3, 0.4) is 0 Å². The first-order valence-corrected chi connectivity index (χ1v) is 8.78. The van der Waals surface area contributed by atoms with Crippen molar-refractivity contribution < 1.29 is 18.9 Å². The molecule has 0 spiro atoms. The van der Waals surface area contributed by atoms with E-state index in [0.29, 0.717) is 23.1 Å². The number of rotatable bonds is 8. The molecule has 7 nitrogen and oxygen atoms in total. The lowest BCUT2D eigenvalue weighted by molar-refractivity contribution is -0.118. The molecular formula is C19H18ClN3O4. The van der Waals surface area contributed by atoms with Crippen molar-refractivity contribution in [3.8, 4) is 22.8 Å². The Kier molecular flexibility index (Phi) is 6.27. The number of hydrogen-bond acceptors (Lipinski definition) is 6. The zero-order valence-electron chi connectivity index (χ0n) is 14.6. The van der Waals surface area contributed by atoms with Gasteiger partial charge in [-0.15, -0.1) is 0 Å². The molecule has 1 aromatic heterocycles. The summed E-state index contributed by atoms with van der Waals surface area (Å²) in [6, 6.07) is 14.2. The maximum atomic E-state index is 12.1. The summed E-state index contributed by atoms with van der Waals surface area (Å²) in [5.74, 6) is 0.992. The number of para-hydroxylation sites is 1.